The predicted octanol–water partition coefficient (Wildman–Crippen LogP) is 3.86. The third-order valence-electron chi connectivity index (χ3n) is 3.22. The predicted molar refractivity (Wildman–Crippen MR) is 87.7 cm³/mol. The van der Waals surface area contributed by atoms with E-state index in [9.17, 15) is 0 Å². The Labute approximate surface area is 132 Å². The Morgan fingerprint density at radius 2 is 2.15 bits per heavy atom. The van der Waals surface area contributed by atoms with E-state index in [0.717, 1.165) is 42.1 Å². The molecule has 2 aromatic heterocycles. The van der Waals surface area contributed by atoms with Crippen molar-refractivity contribution in [1.29, 1.82) is 0 Å². The summed E-state index contributed by atoms with van der Waals surface area (Å²) in [5, 5.41) is 3.44. The number of aromatic nitrogens is 1. The molecule has 0 aliphatic rings. The van der Waals surface area contributed by atoms with E-state index in [0.29, 0.717) is 0 Å². The van der Waals surface area contributed by atoms with Crippen molar-refractivity contribution in [2.24, 2.45) is 0 Å². The van der Waals surface area contributed by atoms with E-state index in [1.165, 1.54) is 8.66 Å². The van der Waals surface area contributed by atoms with E-state index in [1.807, 2.05) is 13.1 Å². The van der Waals surface area contributed by atoms with Crippen molar-refractivity contribution in [2.45, 2.75) is 26.8 Å². The Morgan fingerprint density at radius 1 is 1.35 bits per heavy atom. The molecule has 0 aromatic carbocycles. The first-order valence-electron chi connectivity index (χ1n) is 6.55. The minimum atomic E-state index is 0.773. The first-order valence-corrected chi connectivity index (χ1v) is 8.16. The van der Waals surface area contributed by atoms with Crippen molar-refractivity contribution >= 4 is 27.3 Å². The number of nitrogens with zero attached hydrogens (tertiary/aromatic N) is 1. The first-order chi connectivity index (χ1) is 9.61. The van der Waals surface area contributed by atoms with Crippen LogP contribution in [0.15, 0.2) is 22.1 Å². The molecule has 3 nitrogen and oxygen atoms in total. The minimum Gasteiger partial charge on any atom is -0.496 e. The van der Waals surface area contributed by atoms with Crippen LogP contribution in [-0.2, 0) is 13.0 Å². The zero-order valence-electron chi connectivity index (χ0n) is 12.0. The molecule has 0 bridgehead atoms. The van der Waals surface area contributed by atoms with Crippen LogP contribution >= 0.6 is 27.3 Å². The molecule has 0 saturated heterocycles. The summed E-state index contributed by atoms with van der Waals surface area (Å²) in [5.74, 6) is 0.944. The number of hydrogen-bond acceptors (Lipinski definition) is 4. The van der Waals surface area contributed by atoms with Crippen molar-refractivity contribution < 1.29 is 4.74 Å². The van der Waals surface area contributed by atoms with Crippen LogP contribution in [0.3, 0.4) is 0 Å². The molecular weight excluding hydrogens is 336 g/mol. The number of thiophene rings is 1. The van der Waals surface area contributed by atoms with Crippen molar-refractivity contribution in [3.05, 3.63) is 43.8 Å². The standard InChI is InChI=1S/C15H19BrN2OS/c1-10-8-18-13(11(2)15(10)19-3)9-17-7-6-12-4-5-14(16)20-12/h4-5,8,17H,6-7,9H2,1-3H3. The Morgan fingerprint density at radius 3 is 2.80 bits per heavy atom. The maximum Gasteiger partial charge on any atom is 0.128 e. The zero-order valence-corrected chi connectivity index (χ0v) is 14.4. The Kier molecular flexibility index (Phi) is 5.57. The van der Waals surface area contributed by atoms with Gasteiger partial charge >= 0.3 is 0 Å². The summed E-state index contributed by atoms with van der Waals surface area (Å²) < 4.78 is 6.61. The maximum absolute atomic E-state index is 5.42. The largest absolute Gasteiger partial charge is 0.496 e. The molecule has 0 aliphatic heterocycles. The molecule has 0 saturated carbocycles. The van der Waals surface area contributed by atoms with Crippen LogP contribution in [0.4, 0.5) is 0 Å². The Hall–Kier alpha value is -0.910. The van der Waals surface area contributed by atoms with Gasteiger partial charge in [-0.2, -0.15) is 0 Å². The average Bonchev–Trinajstić information content (AvgIpc) is 2.83. The molecule has 0 spiro atoms. The summed E-state index contributed by atoms with van der Waals surface area (Å²) >= 11 is 5.27. The molecule has 0 fully saturated rings. The summed E-state index contributed by atoms with van der Waals surface area (Å²) in [6, 6.07) is 4.26. The third-order valence-corrected chi connectivity index (χ3v) is 4.90. The van der Waals surface area contributed by atoms with Gasteiger partial charge < -0.3 is 10.1 Å². The van der Waals surface area contributed by atoms with Gasteiger partial charge in [-0.15, -0.1) is 11.3 Å². The lowest BCUT2D eigenvalue weighted by Crippen LogP contribution is -2.18. The van der Waals surface area contributed by atoms with Gasteiger partial charge in [0.15, 0.2) is 0 Å². The van der Waals surface area contributed by atoms with E-state index in [2.05, 4.69) is 45.3 Å². The third kappa shape index (κ3) is 3.81. The van der Waals surface area contributed by atoms with Crippen molar-refractivity contribution in [2.75, 3.05) is 13.7 Å². The second kappa shape index (κ2) is 7.20. The molecule has 2 aromatic rings. The van der Waals surface area contributed by atoms with Crippen LogP contribution < -0.4 is 10.1 Å². The minimum absolute atomic E-state index is 0.773. The van der Waals surface area contributed by atoms with Crippen molar-refractivity contribution in [3.8, 4) is 5.75 Å². The molecule has 0 unspecified atom stereocenters. The summed E-state index contributed by atoms with van der Waals surface area (Å²) in [6.45, 7) is 5.80. The lowest BCUT2D eigenvalue weighted by molar-refractivity contribution is 0.406. The number of rotatable bonds is 6. The highest BCUT2D eigenvalue weighted by Crippen LogP contribution is 2.24. The number of nitrogens with one attached hydrogen (secondary N) is 1. The topological polar surface area (TPSA) is 34.1 Å². The van der Waals surface area contributed by atoms with Gasteiger partial charge in [-0.25, -0.2) is 0 Å². The lowest BCUT2D eigenvalue weighted by atomic mass is 10.1. The monoisotopic (exact) mass is 354 g/mol. The van der Waals surface area contributed by atoms with E-state index < -0.39 is 0 Å². The van der Waals surface area contributed by atoms with Crippen LogP contribution in [0, 0.1) is 13.8 Å². The van der Waals surface area contributed by atoms with Crippen LogP contribution in [-0.4, -0.2) is 18.6 Å². The van der Waals surface area contributed by atoms with E-state index in [1.54, 1.807) is 18.4 Å². The fourth-order valence-corrected chi connectivity index (χ4v) is 3.64. The van der Waals surface area contributed by atoms with Crippen LogP contribution in [0.5, 0.6) is 5.75 Å². The fourth-order valence-electron chi connectivity index (χ4n) is 2.15. The van der Waals surface area contributed by atoms with Gasteiger partial charge in [0, 0.05) is 35.3 Å². The highest BCUT2D eigenvalue weighted by Gasteiger charge is 2.08. The quantitative estimate of drug-likeness (QED) is 0.799. The second-order valence-electron chi connectivity index (χ2n) is 4.68. The van der Waals surface area contributed by atoms with Crippen molar-refractivity contribution in [3.63, 3.8) is 0 Å². The number of hydrogen-bond donors (Lipinski definition) is 1. The van der Waals surface area contributed by atoms with Gasteiger partial charge in [-0.1, -0.05) is 0 Å². The van der Waals surface area contributed by atoms with Crippen LogP contribution in [0.2, 0.25) is 0 Å². The maximum atomic E-state index is 5.42. The molecule has 1 N–H and O–H groups in total. The summed E-state index contributed by atoms with van der Waals surface area (Å²) in [4.78, 5) is 5.87. The molecule has 0 radical (unpaired) electrons. The van der Waals surface area contributed by atoms with E-state index in [4.69, 9.17) is 4.74 Å². The molecule has 0 amide bonds. The van der Waals surface area contributed by atoms with Gasteiger partial charge in [0.25, 0.3) is 0 Å². The van der Waals surface area contributed by atoms with Crippen LogP contribution in [0.25, 0.3) is 0 Å². The first kappa shape index (κ1) is 15.5. The SMILES string of the molecule is COc1c(C)cnc(CNCCc2ccc(Br)s2)c1C. The fraction of sp³-hybridized carbons (Fsp3) is 0.400. The van der Waals surface area contributed by atoms with Gasteiger partial charge in [0.05, 0.1) is 16.6 Å². The van der Waals surface area contributed by atoms with Gasteiger partial charge in [0.2, 0.25) is 0 Å². The molecule has 20 heavy (non-hydrogen) atoms. The normalized spacial score (nSPS) is 10.8. The van der Waals surface area contributed by atoms with Gasteiger partial charge in [0.1, 0.15) is 5.75 Å². The number of ether oxygens (including phenoxy) is 1. The van der Waals surface area contributed by atoms with Crippen molar-refractivity contribution in [1.82, 2.24) is 10.3 Å². The lowest BCUT2D eigenvalue weighted by Gasteiger charge is -2.12. The van der Waals surface area contributed by atoms with Gasteiger partial charge in [-0.05, 0) is 48.3 Å². The highest BCUT2D eigenvalue weighted by atomic mass is 79.9. The number of aryl methyl sites for hydroxylation is 1. The van der Waals surface area contributed by atoms with Crippen LogP contribution in [0.1, 0.15) is 21.7 Å². The van der Waals surface area contributed by atoms with E-state index in [-0.39, 0.29) is 0 Å². The molecule has 2 heterocycles. The summed E-state index contributed by atoms with van der Waals surface area (Å²) in [7, 11) is 1.71. The molecule has 5 heteroatoms. The van der Waals surface area contributed by atoms with E-state index >= 15 is 0 Å². The number of methoxy groups -OCH3 is 1. The number of halogens is 1. The second-order valence-corrected chi connectivity index (χ2v) is 7.23. The molecule has 108 valence electrons. The Bertz CT molecular complexity index is 583. The van der Waals surface area contributed by atoms with Gasteiger partial charge in [-0.3, -0.25) is 4.98 Å². The molecule has 0 atom stereocenters. The summed E-state index contributed by atoms with van der Waals surface area (Å²) in [5.41, 5.74) is 3.26. The molecule has 0 aliphatic carbocycles. The number of pyridine rings is 1. The highest BCUT2D eigenvalue weighted by molar-refractivity contribution is 9.11. The smallest absolute Gasteiger partial charge is 0.128 e. The molecule has 2 rings (SSSR count). The zero-order chi connectivity index (χ0) is 14.5. The molecular formula is C15H19BrN2OS. The average molecular weight is 355 g/mol. The Balaban J connectivity index is 1.88. The summed E-state index contributed by atoms with van der Waals surface area (Å²) in [6.07, 6.45) is 2.91.